The first-order valence-electron chi connectivity index (χ1n) is 6.87. The minimum Gasteiger partial charge on any atom is -0.480 e. The van der Waals surface area contributed by atoms with Crippen molar-refractivity contribution in [2.45, 2.75) is 12.8 Å². The second kappa shape index (κ2) is 6.92. The molecule has 1 aliphatic rings. The summed E-state index contributed by atoms with van der Waals surface area (Å²) in [6, 6.07) is 9.86. The molecule has 2 N–H and O–H groups in total. The molecule has 1 aromatic rings. The molecule has 0 aromatic heterocycles. The Bertz CT molecular complexity index is 510. The van der Waals surface area contributed by atoms with Crippen molar-refractivity contribution in [1.29, 1.82) is 5.26 Å². The van der Waals surface area contributed by atoms with Crippen LogP contribution in [0.5, 0.6) is 0 Å². The van der Waals surface area contributed by atoms with Gasteiger partial charge in [0.05, 0.1) is 17.8 Å². The Morgan fingerprint density at radius 2 is 2.30 bits per heavy atom. The maximum Gasteiger partial charge on any atom is 0.317 e. The Morgan fingerprint density at radius 1 is 1.50 bits per heavy atom. The van der Waals surface area contributed by atoms with Gasteiger partial charge in [0.25, 0.3) is 0 Å². The summed E-state index contributed by atoms with van der Waals surface area (Å²) >= 11 is 0. The molecule has 1 saturated heterocycles. The van der Waals surface area contributed by atoms with Gasteiger partial charge >= 0.3 is 5.97 Å². The van der Waals surface area contributed by atoms with Gasteiger partial charge < -0.3 is 15.3 Å². The molecule has 0 radical (unpaired) electrons. The Balaban J connectivity index is 1.96. The van der Waals surface area contributed by atoms with Crippen LogP contribution in [0.25, 0.3) is 0 Å². The number of nitrogens with zero attached hydrogens (tertiary/aromatic N) is 2. The van der Waals surface area contributed by atoms with E-state index in [2.05, 4.69) is 16.3 Å². The number of hydrogen-bond donors (Lipinski definition) is 2. The molecule has 0 spiro atoms. The molecule has 1 aromatic carbocycles. The van der Waals surface area contributed by atoms with Crippen LogP contribution >= 0.6 is 0 Å². The van der Waals surface area contributed by atoms with Crippen molar-refractivity contribution < 1.29 is 9.90 Å². The number of carbonyl (C=O) groups is 1. The fourth-order valence-electron chi connectivity index (χ4n) is 2.68. The molecule has 5 heteroatoms. The maximum atomic E-state index is 10.5. The summed E-state index contributed by atoms with van der Waals surface area (Å²) in [5, 5.41) is 20.8. The highest BCUT2D eigenvalue weighted by atomic mass is 16.4. The summed E-state index contributed by atoms with van der Waals surface area (Å²) in [5.74, 6) is -0.401. The van der Waals surface area contributed by atoms with Crippen LogP contribution < -0.4 is 10.2 Å². The van der Waals surface area contributed by atoms with Gasteiger partial charge in [-0.1, -0.05) is 12.1 Å². The molecular weight excluding hydrogens is 254 g/mol. The van der Waals surface area contributed by atoms with Crippen molar-refractivity contribution in [2.75, 3.05) is 31.1 Å². The molecule has 2 rings (SSSR count). The van der Waals surface area contributed by atoms with Gasteiger partial charge in [0.15, 0.2) is 0 Å². The normalized spacial score (nSPS) is 18.6. The molecule has 1 heterocycles. The number of para-hydroxylation sites is 1. The Kier molecular flexibility index (Phi) is 4.97. The number of benzene rings is 1. The Morgan fingerprint density at radius 3 is 3.05 bits per heavy atom. The predicted octanol–water partition coefficient (Wildman–Crippen LogP) is 1.45. The maximum absolute atomic E-state index is 10.5. The molecule has 5 nitrogen and oxygen atoms in total. The zero-order valence-corrected chi connectivity index (χ0v) is 11.4. The van der Waals surface area contributed by atoms with Gasteiger partial charge in [-0.25, -0.2) is 0 Å². The first-order chi connectivity index (χ1) is 9.70. The van der Waals surface area contributed by atoms with Crippen LogP contribution in [0, 0.1) is 17.2 Å². The number of anilines is 1. The topological polar surface area (TPSA) is 76.4 Å². The van der Waals surface area contributed by atoms with E-state index in [1.165, 1.54) is 0 Å². The van der Waals surface area contributed by atoms with Crippen molar-refractivity contribution in [1.82, 2.24) is 5.32 Å². The highest BCUT2D eigenvalue weighted by Gasteiger charge is 2.21. The average molecular weight is 273 g/mol. The number of nitrogens with one attached hydrogen (secondary N) is 1. The second-order valence-electron chi connectivity index (χ2n) is 5.11. The fraction of sp³-hybridized carbons (Fsp3) is 0.467. The first-order valence-corrected chi connectivity index (χ1v) is 6.87. The SMILES string of the molecule is N#Cc1ccccc1N1CCCC(CNCC(=O)O)C1. The zero-order chi connectivity index (χ0) is 14.4. The lowest BCUT2D eigenvalue weighted by molar-refractivity contribution is -0.136. The third kappa shape index (κ3) is 3.72. The van der Waals surface area contributed by atoms with Gasteiger partial charge in [-0.15, -0.1) is 0 Å². The third-order valence-electron chi connectivity index (χ3n) is 3.59. The molecule has 1 atom stereocenters. The average Bonchev–Trinajstić information content (AvgIpc) is 2.47. The summed E-state index contributed by atoms with van der Waals surface area (Å²) in [6.07, 6.45) is 2.16. The summed E-state index contributed by atoms with van der Waals surface area (Å²) in [7, 11) is 0. The van der Waals surface area contributed by atoms with Crippen LogP contribution in [0.3, 0.4) is 0 Å². The number of rotatable bonds is 5. The van der Waals surface area contributed by atoms with Crippen LogP contribution in [0.15, 0.2) is 24.3 Å². The summed E-state index contributed by atoms with van der Waals surface area (Å²) in [4.78, 5) is 12.7. The van der Waals surface area contributed by atoms with E-state index in [1.807, 2.05) is 24.3 Å². The lowest BCUT2D eigenvalue weighted by atomic mass is 9.97. The fourth-order valence-corrected chi connectivity index (χ4v) is 2.68. The molecule has 0 aliphatic carbocycles. The predicted molar refractivity (Wildman–Crippen MR) is 76.6 cm³/mol. The van der Waals surface area contributed by atoms with Crippen LogP contribution in [0.1, 0.15) is 18.4 Å². The van der Waals surface area contributed by atoms with Crippen molar-refractivity contribution in [3.63, 3.8) is 0 Å². The van der Waals surface area contributed by atoms with E-state index >= 15 is 0 Å². The highest BCUT2D eigenvalue weighted by Crippen LogP contribution is 2.25. The van der Waals surface area contributed by atoms with Crippen LogP contribution in [-0.2, 0) is 4.79 Å². The molecule has 1 fully saturated rings. The monoisotopic (exact) mass is 273 g/mol. The summed E-state index contributed by atoms with van der Waals surface area (Å²) < 4.78 is 0. The zero-order valence-electron chi connectivity index (χ0n) is 11.4. The van der Waals surface area contributed by atoms with E-state index in [9.17, 15) is 4.79 Å². The molecule has 0 amide bonds. The van der Waals surface area contributed by atoms with E-state index < -0.39 is 5.97 Å². The largest absolute Gasteiger partial charge is 0.480 e. The van der Waals surface area contributed by atoms with Crippen LogP contribution in [0.2, 0.25) is 0 Å². The van der Waals surface area contributed by atoms with E-state index in [-0.39, 0.29) is 6.54 Å². The van der Waals surface area contributed by atoms with Gasteiger partial charge in [0.2, 0.25) is 0 Å². The lowest BCUT2D eigenvalue weighted by Gasteiger charge is -2.35. The van der Waals surface area contributed by atoms with E-state index in [0.717, 1.165) is 31.6 Å². The van der Waals surface area contributed by atoms with Gasteiger partial charge in [0, 0.05) is 19.6 Å². The lowest BCUT2D eigenvalue weighted by Crippen LogP contribution is -2.40. The minimum absolute atomic E-state index is 0.00524. The van der Waals surface area contributed by atoms with Crippen molar-refractivity contribution in [3.8, 4) is 6.07 Å². The van der Waals surface area contributed by atoms with Crippen LogP contribution in [0.4, 0.5) is 5.69 Å². The number of carboxylic acid groups (broad SMARTS) is 1. The van der Waals surface area contributed by atoms with Gasteiger partial charge in [-0.2, -0.15) is 5.26 Å². The number of aliphatic carboxylic acids is 1. The van der Waals surface area contributed by atoms with Crippen LogP contribution in [-0.4, -0.2) is 37.3 Å². The second-order valence-corrected chi connectivity index (χ2v) is 5.11. The van der Waals surface area contributed by atoms with Gasteiger partial charge in [-0.3, -0.25) is 4.79 Å². The summed E-state index contributed by atoms with van der Waals surface area (Å²) in [6.45, 7) is 2.53. The molecule has 0 saturated carbocycles. The molecule has 1 unspecified atom stereocenters. The Labute approximate surface area is 118 Å². The quantitative estimate of drug-likeness (QED) is 0.849. The van der Waals surface area contributed by atoms with Gasteiger partial charge in [0.1, 0.15) is 6.07 Å². The molecule has 1 aliphatic heterocycles. The standard InChI is InChI=1S/C15H19N3O2/c16-8-13-5-1-2-6-14(13)18-7-3-4-12(11-18)9-17-10-15(19)20/h1-2,5-6,12,17H,3-4,7,9-11H2,(H,19,20). The van der Waals surface area contributed by atoms with Gasteiger partial charge in [-0.05, 0) is 30.9 Å². The van der Waals surface area contributed by atoms with E-state index in [1.54, 1.807) is 0 Å². The number of nitriles is 1. The number of piperidine rings is 1. The molecule has 0 bridgehead atoms. The highest BCUT2D eigenvalue weighted by molar-refractivity contribution is 5.69. The van der Waals surface area contributed by atoms with Crippen molar-refractivity contribution in [3.05, 3.63) is 29.8 Å². The van der Waals surface area contributed by atoms with Crippen molar-refractivity contribution >= 4 is 11.7 Å². The first kappa shape index (κ1) is 14.4. The number of hydrogen-bond acceptors (Lipinski definition) is 4. The molecule has 106 valence electrons. The number of carboxylic acids is 1. The smallest absolute Gasteiger partial charge is 0.317 e. The molecular formula is C15H19N3O2. The van der Waals surface area contributed by atoms with E-state index in [0.29, 0.717) is 18.0 Å². The minimum atomic E-state index is -0.826. The van der Waals surface area contributed by atoms with Crippen molar-refractivity contribution in [2.24, 2.45) is 5.92 Å². The third-order valence-corrected chi connectivity index (χ3v) is 3.59. The molecule has 20 heavy (non-hydrogen) atoms. The van der Waals surface area contributed by atoms with E-state index in [4.69, 9.17) is 10.4 Å². The summed E-state index contributed by atoms with van der Waals surface area (Å²) in [5.41, 5.74) is 1.68. The Hall–Kier alpha value is -2.06.